The molecular weight excluding hydrogens is 324 g/mol. The summed E-state index contributed by atoms with van der Waals surface area (Å²) in [5.41, 5.74) is 0.127. The van der Waals surface area contributed by atoms with Crippen LogP contribution in [0.15, 0.2) is 84.5 Å². The maximum absolute atomic E-state index is 10.0. The number of hydrogen-bond acceptors (Lipinski definition) is 6. The van der Waals surface area contributed by atoms with Crippen LogP contribution >= 0.6 is 0 Å². The molecule has 6 heteroatoms. The van der Waals surface area contributed by atoms with E-state index in [4.69, 9.17) is 10.1 Å². The highest BCUT2D eigenvalue weighted by Crippen LogP contribution is 2.43. The Morgan fingerprint density at radius 1 is 0.760 bits per heavy atom. The van der Waals surface area contributed by atoms with Gasteiger partial charge in [0.05, 0.1) is 0 Å². The van der Waals surface area contributed by atoms with Crippen molar-refractivity contribution in [1.82, 2.24) is 0 Å². The van der Waals surface area contributed by atoms with Crippen LogP contribution < -0.4 is 0 Å². The minimum absolute atomic E-state index is 0.358. The average Bonchev–Trinajstić information content (AvgIpc) is 2.70. The highest BCUT2D eigenvalue weighted by atomic mass is 17.1. The van der Waals surface area contributed by atoms with E-state index in [-0.39, 0.29) is 0 Å². The number of hydrogen-bond donors (Lipinski definition) is 3. The van der Waals surface area contributed by atoms with Crippen molar-refractivity contribution in [2.45, 2.75) is 17.8 Å². The Labute approximate surface area is 144 Å². The Hall–Kier alpha value is -2.32. The first-order valence-corrected chi connectivity index (χ1v) is 7.71. The molecule has 0 amide bonds. The molecule has 1 aliphatic rings. The van der Waals surface area contributed by atoms with Gasteiger partial charge in [0.2, 0.25) is 0 Å². The molecule has 0 aliphatic heterocycles. The van der Waals surface area contributed by atoms with Gasteiger partial charge in [0.1, 0.15) is 6.10 Å². The molecule has 2 aromatic rings. The van der Waals surface area contributed by atoms with Crippen LogP contribution in [-0.4, -0.2) is 28.0 Å². The van der Waals surface area contributed by atoms with E-state index in [1.54, 1.807) is 60.7 Å². The van der Waals surface area contributed by atoms with E-state index >= 15 is 0 Å². The van der Waals surface area contributed by atoms with Crippen LogP contribution in [0.5, 0.6) is 0 Å². The summed E-state index contributed by atoms with van der Waals surface area (Å²) < 4.78 is 0. The molecule has 2 atom stereocenters. The highest BCUT2D eigenvalue weighted by molar-refractivity contribution is 5.49. The molecule has 0 fully saturated rings. The van der Waals surface area contributed by atoms with E-state index in [1.807, 2.05) is 12.1 Å². The van der Waals surface area contributed by atoms with Crippen LogP contribution in [0.2, 0.25) is 0 Å². The lowest BCUT2D eigenvalue weighted by Gasteiger charge is -2.38. The lowest BCUT2D eigenvalue weighted by molar-refractivity contribution is -0.351. The molecule has 0 saturated heterocycles. The first-order valence-electron chi connectivity index (χ1n) is 7.71. The summed E-state index contributed by atoms with van der Waals surface area (Å²) in [7, 11) is 0. The van der Waals surface area contributed by atoms with Gasteiger partial charge >= 0.3 is 0 Å². The smallest absolute Gasteiger partial charge is 0.177 e. The Balaban J connectivity index is 2.25. The molecule has 1 aliphatic carbocycles. The molecule has 6 nitrogen and oxygen atoms in total. The van der Waals surface area contributed by atoms with Gasteiger partial charge < -0.3 is 0 Å². The van der Waals surface area contributed by atoms with Gasteiger partial charge in [0.25, 0.3) is 0 Å². The summed E-state index contributed by atoms with van der Waals surface area (Å²) in [6, 6.07) is 18.0. The number of allylic oxidation sites excluding steroid dienone is 2. The summed E-state index contributed by atoms with van der Waals surface area (Å²) >= 11 is 0. The molecule has 0 aromatic heterocycles. The predicted molar refractivity (Wildman–Crippen MR) is 89.6 cm³/mol. The molecule has 25 heavy (non-hydrogen) atoms. The molecule has 0 heterocycles. The fourth-order valence-corrected chi connectivity index (χ4v) is 3.17. The zero-order valence-corrected chi connectivity index (χ0v) is 13.2. The molecule has 2 unspecified atom stereocenters. The van der Waals surface area contributed by atoms with Crippen LogP contribution in [0.4, 0.5) is 0 Å². The van der Waals surface area contributed by atoms with Gasteiger partial charge in [0, 0.05) is 5.57 Å². The zero-order valence-electron chi connectivity index (χ0n) is 13.2. The summed E-state index contributed by atoms with van der Waals surface area (Å²) in [5, 5.41) is 28.5. The second-order valence-corrected chi connectivity index (χ2v) is 5.61. The van der Waals surface area contributed by atoms with Crippen LogP contribution in [0.3, 0.4) is 0 Å². The third kappa shape index (κ3) is 3.03. The van der Waals surface area contributed by atoms with Crippen LogP contribution in [0, 0.1) is 0 Å². The van der Waals surface area contributed by atoms with Crippen molar-refractivity contribution < 1.29 is 30.4 Å². The van der Waals surface area contributed by atoms with E-state index in [0.29, 0.717) is 16.7 Å². The maximum atomic E-state index is 10.0. The van der Waals surface area contributed by atoms with E-state index in [0.717, 1.165) is 0 Å². The summed E-state index contributed by atoms with van der Waals surface area (Å²) in [6.45, 7) is 0. The third-order valence-corrected chi connectivity index (χ3v) is 4.32. The minimum atomic E-state index is -1.46. The molecule has 2 aromatic carbocycles. The predicted octanol–water partition coefficient (Wildman–Crippen LogP) is 3.63. The van der Waals surface area contributed by atoms with Crippen LogP contribution in [0.25, 0.3) is 0 Å². The molecule has 0 radical (unpaired) electrons. The summed E-state index contributed by atoms with van der Waals surface area (Å²) in [5.74, 6) is 0. The van der Waals surface area contributed by atoms with E-state index in [1.165, 1.54) is 6.08 Å². The van der Waals surface area contributed by atoms with E-state index in [9.17, 15) is 10.5 Å². The lowest BCUT2D eigenvalue weighted by atomic mass is 9.75. The van der Waals surface area contributed by atoms with Crippen molar-refractivity contribution in [2.24, 2.45) is 0 Å². The van der Waals surface area contributed by atoms with Crippen LogP contribution in [0.1, 0.15) is 11.1 Å². The van der Waals surface area contributed by atoms with Crippen LogP contribution in [-0.2, 0) is 20.3 Å². The average molecular weight is 342 g/mol. The quantitative estimate of drug-likeness (QED) is 0.549. The summed E-state index contributed by atoms with van der Waals surface area (Å²) in [4.78, 5) is 14.0. The van der Waals surface area contributed by atoms with Gasteiger partial charge in [-0.15, -0.1) is 0 Å². The highest BCUT2D eigenvalue weighted by Gasteiger charge is 2.47. The zero-order chi connectivity index (χ0) is 17.7. The molecule has 0 spiro atoms. The van der Waals surface area contributed by atoms with Gasteiger partial charge in [-0.3, -0.25) is 15.8 Å². The Morgan fingerprint density at radius 2 is 1.32 bits per heavy atom. The van der Waals surface area contributed by atoms with E-state index < -0.39 is 17.8 Å². The monoisotopic (exact) mass is 342 g/mol. The number of benzene rings is 2. The Bertz CT molecular complexity index is 702. The number of rotatable bonds is 6. The van der Waals surface area contributed by atoms with Crippen molar-refractivity contribution in [2.75, 3.05) is 0 Å². The molecule has 0 saturated carbocycles. The Morgan fingerprint density at radius 3 is 1.76 bits per heavy atom. The fraction of sp³-hybridized carbons (Fsp3) is 0.158. The molecule has 3 N–H and O–H groups in total. The van der Waals surface area contributed by atoms with Crippen molar-refractivity contribution in [3.63, 3.8) is 0 Å². The Kier molecular flexibility index (Phi) is 5.40. The van der Waals surface area contributed by atoms with Gasteiger partial charge in [-0.2, -0.15) is 0 Å². The molecule has 3 rings (SSSR count). The second kappa shape index (κ2) is 7.71. The largest absolute Gasteiger partial charge is 0.251 e. The standard InChI is InChI=1S/C19H18O6/c20-23-17-13-7-12-16(18(17)24-21)19(25-22,14-8-3-1-4-9-14)15-10-5-2-6-11-15/h1-13,17-18,20-22H. The van der Waals surface area contributed by atoms with Gasteiger partial charge in [0.15, 0.2) is 11.7 Å². The molecule has 130 valence electrons. The minimum Gasteiger partial charge on any atom is -0.251 e. The first kappa shape index (κ1) is 17.5. The topological polar surface area (TPSA) is 88.4 Å². The van der Waals surface area contributed by atoms with Gasteiger partial charge in [-0.05, 0) is 17.2 Å². The normalized spacial score (nSPS) is 20.4. The first-order chi connectivity index (χ1) is 12.3. The molecular formula is C19H18O6. The van der Waals surface area contributed by atoms with E-state index in [2.05, 4.69) is 9.78 Å². The van der Waals surface area contributed by atoms with Crippen molar-refractivity contribution in [1.29, 1.82) is 0 Å². The summed E-state index contributed by atoms with van der Waals surface area (Å²) in [6.07, 6.45) is 2.73. The van der Waals surface area contributed by atoms with Gasteiger partial charge in [-0.25, -0.2) is 14.7 Å². The third-order valence-electron chi connectivity index (χ3n) is 4.32. The fourth-order valence-electron chi connectivity index (χ4n) is 3.17. The second-order valence-electron chi connectivity index (χ2n) is 5.61. The van der Waals surface area contributed by atoms with Crippen molar-refractivity contribution in [3.05, 3.63) is 95.6 Å². The van der Waals surface area contributed by atoms with Gasteiger partial charge in [-0.1, -0.05) is 72.8 Å². The SMILES string of the molecule is OOC1C=CC=C(C(OO)(c2ccccc2)c2ccccc2)C1OO. The maximum Gasteiger partial charge on any atom is 0.177 e. The van der Waals surface area contributed by atoms with Crippen molar-refractivity contribution in [3.8, 4) is 0 Å². The van der Waals surface area contributed by atoms with Crippen molar-refractivity contribution >= 4 is 0 Å². The molecule has 0 bridgehead atoms. The lowest BCUT2D eigenvalue weighted by Crippen LogP contribution is -2.44.